The molecule has 2 aromatic carbocycles. The highest BCUT2D eigenvalue weighted by molar-refractivity contribution is 6.29. The normalized spacial score (nSPS) is 15.1. The highest BCUT2D eigenvalue weighted by atomic mass is 16.6. The van der Waals surface area contributed by atoms with E-state index in [1.807, 2.05) is 38.1 Å². The number of hydrogen-bond donors (Lipinski definition) is 2. The van der Waals surface area contributed by atoms with Gasteiger partial charge in [0.25, 0.3) is 0 Å². The van der Waals surface area contributed by atoms with Crippen LogP contribution in [0, 0.1) is 13.8 Å². The lowest BCUT2D eigenvalue weighted by Crippen LogP contribution is -2.35. The smallest absolute Gasteiger partial charge is 0.418 e. The van der Waals surface area contributed by atoms with E-state index in [-0.39, 0.29) is 0 Å². The lowest BCUT2D eigenvalue weighted by Gasteiger charge is -2.24. The molecule has 4 aromatic rings. The summed E-state index contributed by atoms with van der Waals surface area (Å²) in [5, 5.41) is 1.75. The summed E-state index contributed by atoms with van der Waals surface area (Å²) < 4.78 is 22.4. The molecule has 0 spiro atoms. The van der Waals surface area contributed by atoms with Gasteiger partial charge in [-0.1, -0.05) is 36.4 Å². The minimum atomic E-state index is -1.17. The summed E-state index contributed by atoms with van der Waals surface area (Å²) in [7, 11) is 0. The third-order valence-electron chi connectivity index (χ3n) is 5.85. The minimum absolute atomic E-state index is 0.553. The van der Waals surface area contributed by atoms with Crippen molar-refractivity contribution in [1.82, 2.24) is 0 Å². The molecule has 34 heavy (non-hydrogen) atoms. The highest BCUT2D eigenvalue weighted by Crippen LogP contribution is 2.33. The zero-order valence-corrected chi connectivity index (χ0v) is 19.5. The van der Waals surface area contributed by atoms with Crippen molar-refractivity contribution in [2.24, 2.45) is 11.5 Å². The van der Waals surface area contributed by atoms with Gasteiger partial charge in [0.15, 0.2) is 0 Å². The summed E-state index contributed by atoms with van der Waals surface area (Å²) >= 11 is 0. The van der Waals surface area contributed by atoms with Gasteiger partial charge in [0.2, 0.25) is 0 Å². The van der Waals surface area contributed by atoms with Crippen LogP contribution in [0.5, 0.6) is 0 Å². The van der Waals surface area contributed by atoms with Gasteiger partial charge in [-0.25, -0.2) is 9.59 Å². The molecule has 2 heterocycles. The Hall–Kier alpha value is -3.62. The molecule has 0 aliphatic carbocycles. The molecule has 4 atom stereocenters. The standard InChI is InChI=1S/C26H28N2O6/c1-13-11-31-23-17(13)7-5-9-19(23)21(15(3)27)33-25(29)26(30)34-22(16(4)28)20-10-6-8-18-14(2)12-32-24(18)20/h5-12,15-16,21-22H,27-28H2,1-4H3. The summed E-state index contributed by atoms with van der Waals surface area (Å²) in [6.07, 6.45) is 1.40. The molecule has 4 N–H and O–H groups in total. The van der Waals surface area contributed by atoms with E-state index in [1.54, 1.807) is 38.5 Å². The van der Waals surface area contributed by atoms with Crippen LogP contribution in [0.2, 0.25) is 0 Å². The summed E-state index contributed by atoms with van der Waals surface area (Å²) in [5.74, 6) is -2.34. The highest BCUT2D eigenvalue weighted by Gasteiger charge is 2.32. The predicted octanol–water partition coefficient (Wildman–Crippen LogP) is 4.36. The van der Waals surface area contributed by atoms with E-state index in [1.165, 1.54) is 0 Å². The molecule has 4 unspecified atom stereocenters. The predicted molar refractivity (Wildman–Crippen MR) is 127 cm³/mol. The lowest BCUT2D eigenvalue weighted by molar-refractivity contribution is -0.175. The second-order valence-electron chi connectivity index (χ2n) is 8.66. The molecule has 2 aromatic heterocycles. The van der Waals surface area contributed by atoms with Crippen molar-refractivity contribution in [2.75, 3.05) is 0 Å². The van der Waals surface area contributed by atoms with Crippen LogP contribution in [-0.4, -0.2) is 24.0 Å². The van der Waals surface area contributed by atoms with Crippen LogP contribution in [0.3, 0.4) is 0 Å². The van der Waals surface area contributed by atoms with E-state index in [2.05, 4.69) is 0 Å². The van der Waals surface area contributed by atoms with Crippen molar-refractivity contribution in [1.29, 1.82) is 0 Å². The number of para-hydroxylation sites is 2. The van der Waals surface area contributed by atoms with Gasteiger partial charge in [-0.15, -0.1) is 0 Å². The molecule has 0 bridgehead atoms. The van der Waals surface area contributed by atoms with E-state index in [0.717, 1.165) is 21.9 Å². The number of aryl methyl sites for hydroxylation is 2. The van der Waals surface area contributed by atoms with Gasteiger partial charge in [-0.3, -0.25) is 0 Å². The second kappa shape index (κ2) is 9.32. The van der Waals surface area contributed by atoms with Crippen LogP contribution < -0.4 is 11.5 Å². The van der Waals surface area contributed by atoms with Gasteiger partial charge >= 0.3 is 11.9 Å². The second-order valence-corrected chi connectivity index (χ2v) is 8.66. The molecule has 8 heteroatoms. The average molecular weight is 465 g/mol. The molecule has 8 nitrogen and oxygen atoms in total. The number of esters is 2. The number of ether oxygens (including phenoxy) is 2. The van der Waals surface area contributed by atoms with Crippen LogP contribution in [0.1, 0.15) is 48.3 Å². The number of hydrogen-bond acceptors (Lipinski definition) is 8. The maximum atomic E-state index is 12.8. The Balaban J connectivity index is 1.58. The van der Waals surface area contributed by atoms with Crippen molar-refractivity contribution in [3.63, 3.8) is 0 Å². The molecule has 4 rings (SSSR count). The molecular formula is C26H28N2O6. The minimum Gasteiger partial charge on any atom is -0.464 e. The molecule has 178 valence electrons. The number of rotatable bonds is 6. The molecule has 0 aliphatic heterocycles. The Morgan fingerprint density at radius 3 is 1.47 bits per heavy atom. The first-order valence-electron chi connectivity index (χ1n) is 11.0. The number of carbonyl (C=O) groups excluding carboxylic acids is 2. The van der Waals surface area contributed by atoms with Gasteiger partial charge in [-0.05, 0) is 38.8 Å². The molecular weight excluding hydrogens is 436 g/mol. The summed E-state index contributed by atoms with van der Waals surface area (Å²) in [6, 6.07) is 9.71. The number of benzene rings is 2. The average Bonchev–Trinajstić information content (AvgIpc) is 3.38. The molecule has 0 saturated heterocycles. The lowest BCUT2D eigenvalue weighted by atomic mass is 10.0. The Bertz CT molecular complexity index is 1250. The Morgan fingerprint density at radius 2 is 1.12 bits per heavy atom. The largest absolute Gasteiger partial charge is 0.464 e. The quantitative estimate of drug-likeness (QED) is 0.318. The monoisotopic (exact) mass is 464 g/mol. The van der Waals surface area contributed by atoms with Gasteiger partial charge in [0, 0.05) is 34.0 Å². The topological polar surface area (TPSA) is 131 Å². The first-order valence-corrected chi connectivity index (χ1v) is 11.0. The van der Waals surface area contributed by atoms with Crippen molar-refractivity contribution in [2.45, 2.75) is 52.0 Å². The Morgan fingerprint density at radius 1 is 0.735 bits per heavy atom. The fourth-order valence-corrected chi connectivity index (χ4v) is 4.10. The van der Waals surface area contributed by atoms with Crippen LogP contribution in [-0.2, 0) is 19.1 Å². The van der Waals surface area contributed by atoms with E-state index in [9.17, 15) is 9.59 Å². The maximum absolute atomic E-state index is 12.8. The molecule has 0 radical (unpaired) electrons. The van der Waals surface area contributed by atoms with E-state index in [0.29, 0.717) is 22.3 Å². The molecule has 0 aliphatic rings. The third kappa shape index (κ3) is 4.30. The number of nitrogens with two attached hydrogens (primary N) is 2. The number of carbonyl (C=O) groups is 2. The maximum Gasteiger partial charge on any atom is 0.418 e. The molecule has 0 amide bonds. The molecule has 0 fully saturated rings. The first kappa shape index (κ1) is 23.5. The first-order chi connectivity index (χ1) is 16.2. The van der Waals surface area contributed by atoms with Gasteiger partial charge in [0.1, 0.15) is 23.4 Å². The fourth-order valence-electron chi connectivity index (χ4n) is 4.10. The van der Waals surface area contributed by atoms with Crippen LogP contribution in [0.4, 0.5) is 0 Å². The fraction of sp³-hybridized carbons (Fsp3) is 0.308. The molecule has 0 saturated carbocycles. The SMILES string of the molecule is Cc1coc2c(C(OC(=O)C(=O)OC(c3cccc4c(C)coc34)C(C)N)C(C)N)cccc12. The van der Waals surface area contributed by atoms with Crippen molar-refractivity contribution >= 4 is 33.9 Å². The van der Waals surface area contributed by atoms with E-state index < -0.39 is 36.2 Å². The van der Waals surface area contributed by atoms with E-state index in [4.69, 9.17) is 29.8 Å². The van der Waals surface area contributed by atoms with Crippen molar-refractivity contribution in [3.8, 4) is 0 Å². The summed E-state index contributed by atoms with van der Waals surface area (Å²) in [4.78, 5) is 25.6. The van der Waals surface area contributed by atoms with Gasteiger partial charge < -0.3 is 29.8 Å². The van der Waals surface area contributed by atoms with Gasteiger partial charge in [0.05, 0.1) is 12.5 Å². The van der Waals surface area contributed by atoms with Crippen LogP contribution >= 0.6 is 0 Å². The van der Waals surface area contributed by atoms with Crippen LogP contribution in [0.15, 0.2) is 57.8 Å². The Labute approximate surface area is 196 Å². The zero-order chi connectivity index (χ0) is 24.6. The van der Waals surface area contributed by atoms with Crippen molar-refractivity contribution in [3.05, 3.63) is 71.2 Å². The number of furan rings is 2. The van der Waals surface area contributed by atoms with E-state index >= 15 is 0 Å². The van der Waals surface area contributed by atoms with Gasteiger partial charge in [-0.2, -0.15) is 0 Å². The zero-order valence-electron chi connectivity index (χ0n) is 19.5. The summed E-state index contributed by atoms with van der Waals surface area (Å²) in [6.45, 7) is 7.19. The third-order valence-corrected chi connectivity index (χ3v) is 5.85. The summed E-state index contributed by atoms with van der Waals surface area (Å²) in [5.41, 5.74) is 16.4. The Kier molecular flexibility index (Phi) is 6.45. The van der Waals surface area contributed by atoms with Crippen molar-refractivity contribution < 1.29 is 27.9 Å². The number of fused-ring (bicyclic) bond motifs is 2. The van der Waals surface area contributed by atoms with Crippen LogP contribution in [0.25, 0.3) is 21.9 Å².